The maximum atomic E-state index is 12.2. The molecule has 1 aromatic heterocycles. The number of amides is 1. The first-order chi connectivity index (χ1) is 10.1. The number of hydrogen-bond donors (Lipinski definition) is 2. The van der Waals surface area contributed by atoms with Crippen LogP contribution >= 0.6 is 35.3 Å². The Balaban J connectivity index is 0.00000176. The van der Waals surface area contributed by atoms with Crippen molar-refractivity contribution in [1.29, 1.82) is 0 Å². The van der Waals surface area contributed by atoms with Gasteiger partial charge in [0.1, 0.15) is 5.01 Å². The lowest BCUT2D eigenvalue weighted by atomic mass is 9.98. The van der Waals surface area contributed by atoms with Gasteiger partial charge in [0.2, 0.25) is 11.0 Å². The zero-order chi connectivity index (χ0) is 14.9. The van der Waals surface area contributed by atoms with Crippen molar-refractivity contribution >= 4 is 46.4 Å². The second-order valence-electron chi connectivity index (χ2n) is 5.24. The van der Waals surface area contributed by atoms with E-state index in [4.69, 9.17) is 17.3 Å². The number of halogens is 2. The second kappa shape index (κ2) is 6.91. The molecule has 1 heterocycles. The molecule has 118 valence electrons. The van der Waals surface area contributed by atoms with E-state index in [9.17, 15) is 4.79 Å². The Morgan fingerprint density at radius 2 is 2.05 bits per heavy atom. The third-order valence-corrected chi connectivity index (χ3v) is 4.79. The molecule has 3 rings (SSSR count). The zero-order valence-electron chi connectivity index (χ0n) is 11.7. The van der Waals surface area contributed by atoms with E-state index in [0.29, 0.717) is 15.2 Å². The second-order valence-corrected chi connectivity index (χ2v) is 6.65. The van der Waals surface area contributed by atoms with Crippen molar-refractivity contribution in [3.63, 3.8) is 0 Å². The van der Waals surface area contributed by atoms with Crippen molar-refractivity contribution < 1.29 is 4.79 Å². The molecule has 1 fully saturated rings. The summed E-state index contributed by atoms with van der Waals surface area (Å²) >= 11 is 7.27. The van der Waals surface area contributed by atoms with Crippen LogP contribution in [0.3, 0.4) is 0 Å². The summed E-state index contributed by atoms with van der Waals surface area (Å²) in [6.45, 7) is 0. The lowest BCUT2D eigenvalue weighted by molar-refractivity contribution is -0.121. The molecule has 1 aliphatic rings. The molecule has 0 unspecified atom stereocenters. The standard InChI is InChI=1S/C14H15ClN4OS.ClH/c15-10-5-3-4-9(8-10)11-18-19-13(21-11)17-12(20)14(16)6-1-2-7-14;/h3-5,8H,1-2,6-7,16H2,(H,17,19,20);1H. The van der Waals surface area contributed by atoms with Gasteiger partial charge in [-0.05, 0) is 25.0 Å². The quantitative estimate of drug-likeness (QED) is 0.879. The topological polar surface area (TPSA) is 80.9 Å². The molecule has 2 aromatic rings. The molecule has 0 atom stereocenters. The Labute approximate surface area is 143 Å². The highest BCUT2D eigenvalue weighted by Crippen LogP contribution is 2.31. The average Bonchev–Trinajstić information content (AvgIpc) is 3.09. The maximum Gasteiger partial charge on any atom is 0.246 e. The van der Waals surface area contributed by atoms with Crippen LogP contribution in [0.5, 0.6) is 0 Å². The fraction of sp³-hybridized carbons (Fsp3) is 0.357. The fourth-order valence-corrected chi connectivity index (χ4v) is 3.39. The summed E-state index contributed by atoms with van der Waals surface area (Å²) in [5.74, 6) is -0.172. The summed E-state index contributed by atoms with van der Waals surface area (Å²) in [6, 6.07) is 7.37. The summed E-state index contributed by atoms with van der Waals surface area (Å²) in [5, 5.41) is 12.7. The van der Waals surface area contributed by atoms with E-state index >= 15 is 0 Å². The monoisotopic (exact) mass is 358 g/mol. The zero-order valence-corrected chi connectivity index (χ0v) is 14.1. The third-order valence-electron chi connectivity index (χ3n) is 3.67. The Bertz CT molecular complexity index is 670. The van der Waals surface area contributed by atoms with Gasteiger partial charge in [0.25, 0.3) is 0 Å². The minimum Gasteiger partial charge on any atom is -0.317 e. The van der Waals surface area contributed by atoms with Gasteiger partial charge in [0, 0.05) is 10.6 Å². The van der Waals surface area contributed by atoms with Crippen molar-refractivity contribution in [1.82, 2.24) is 10.2 Å². The Kier molecular flexibility index (Phi) is 5.39. The van der Waals surface area contributed by atoms with Gasteiger partial charge in [-0.15, -0.1) is 22.6 Å². The molecule has 0 radical (unpaired) electrons. The number of benzene rings is 1. The fourth-order valence-electron chi connectivity index (χ4n) is 2.47. The van der Waals surface area contributed by atoms with E-state index in [1.165, 1.54) is 11.3 Å². The normalized spacial score (nSPS) is 16.1. The molecular formula is C14H16Cl2N4OS. The smallest absolute Gasteiger partial charge is 0.246 e. The van der Waals surface area contributed by atoms with Crippen LogP contribution in [0.4, 0.5) is 5.13 Å². The summed E-state index contributed by atoms with van der Waals surface area (Å²) in [7, 11) is 0. The Hall–Kier alpha value is -1.21. The number of hydrogen-bond acceptors (Lipinski definition) is 5. The minimum atomic E-state index is -0.762. The molecule has 0 aliphatic heterocycles. The van der Waals surface area contributed by atoms with Gasteiger partial charge < -0.3 is 5.73 Å². The van der Waals surface area contributed by atoms with Crippen LogP contribution < -0.4 is 11.1 Å². The third kappa shape index (κ3) is 3.57. The lowest BCUT2D eigenvalue weighted by Crippen LogP contribution is -2.48. The van der Waals surface area contributed by atoms with Gasteiger partial charge in [-0.1, -0.05) is 47.9 Å². The van der Waals surface area contributed by atoms with Crippen LogP contribution in [0.15, 0.2) is 24.3 Å². The van der Waals surface area contributed by atoms with Gasteiger partial charge in [-0.25, -0.2) is 0 Å². The van der Waals surface area contributed by atoms with Crippen molar-refractivity contribution in [3.05, 3.63) is 29.3 Å². The molecule has 1 saturated carbocycles. The molecule has 1 aromatic carbocycles. The predicted octanol–water partition coefficient (Wildman–Crippen LogP) is 3.49. The first-order valence-electron chi connectivity index (χ1n) is 6.77. The van der Waals surface area contributed by atoms with Gasteiger partial charge in [-0.2, -0.15) is 0 Å². The predicted molar refractivity (Wildman–Crippen MR) is 91.6 cm³/mol. The lowest BCUT2D eigenvalue weighted by Gasteiger charge is -2.20. The van der Waals surface area contributed by atoms with Crippen molar-refractivity contribution in [2.75, 3.05) is 5.32 Å². The molecular weight excluding hydrogens is 343 g/mol. The van der Waals surface area contributed by atoms with Crippen LogP contribution in [0, 0.1) is 0 Å². The molecule has 0 saturated heterocycles. The maximum absolute atomic E-state index is 12.2. The first-order valence-corrected chi connectivity index (χ1v) is 7.96. The number of carbonyl (C=O) groups is 1. The highest BCUT2D eigenvalue weighted by Gasteiger charge is 2.37. The van der Waals surface area contributed by atoms with Crippen LogP contribution in [-0.4, -0.2) is 21.6 Å². The highest BCUT2D eigenvalue weighted by atomic mass is 35.5. The van der Waals surface area contributed by atoms with E-state index in [2.05, 4.69) is 15.5 Å². The Morgan fingerprint density at radius 3 is 2.73 bits per heavy atom. The van der Waals surface area contributed by atoms with E-state index in [1.54, 1.807) is 6.07 Å². The van der Waals surface area contributed by atoms with Gasteiger partial charge in [-0.3, -0.25) is 10.1 Å². The number of anilines is 1. The summed E-state index contributed by atoms with van der Waals surface area (Å²) in [6.07, 6.45) is 3.43. The van der Waals surface area contributed by atoms with E-state index in [1.807, 2.05) is 18.2 Å². The number of nitrogens with two attached hydrogens (primary N) is 1. The van der Waals surface area contributed by atoms with E-state index in [-0.39, 0.29) is 18.3 Å². The largest absolute Gasteiger partial charge is 0.317 e. The molecule has 0 spiro atoms. The van der Waals surface area contributed by atoms with Gasteiger partial charge >= 0.3 is 0 Å². The van der Waals surface area contributed by atoms with Crippen molar-refractivity contribution in [3.8, 4) is 10.6 Å². The van der Waals surface area contributed by atoms with Crippen LogP contribution in [-0.2, 0) is 4.79 Å². The van der Waals surface area contributed by atoms with Crippen LogP contribution in [0.2, 0.25) is 5.02 Å². The molecule has 5 nitrogen and oxygen atoms in total. The van der Waals surface area contributed by atoms with Gasteiger partial charge in [0.05, 0.1) is 5.54 Å². The highest BCUT2D eigenvalue weighted by molar-refractivity contribution is 7.18. The molecule has 1 amide bonds. The molecule has 1 aliphatic carbocycles. The summed E-state index contributed by atoms with van der Waals surface area (Å²) < 4.78 is 0. The molecule has 3 N–H and O–H groups in total. The number of carbonyl (C=O) groups excluding carboxylic acids is 1. The summed E-state index contributed by atoms with van der Waals surface area (Å²) in [4.78, 5) is 12.2. The van der Waals surface area contributed by atoms with E-state index < -0.39 is 5.54 Å². The molecule has 8 heteroatoms. The van der Waals surface area contributed by atoms with Crippen molar-refractivity contribution in [2.24, 2.45) is 5.73 Å². The number of aromatic nitrogens is 2. The Morgan fingerprint density at radius 1 is 1.32 bits per heavy atom. The minimum absolute atomic E-state index is 0. The van der Waals surface area contributed by atoms with Crippen LogP contribution in [0.25, 0.3) is 10.6 Å². The first kappa shape index (κ1) is 17.1. The summed E-state index contributed by atoms with van der Waals surface area (Å²) in [5.41, 5.74) is 6.23. The molecule has 22 heavy (non-hydrogen) atoms. The van der Waals surface area contributed by atoms with Gasteiger partial charge in [0.15, 0.2) is 0 Å². The number of nitrogens with zero attached hydrogens (tertiary/aromatic N) is 2. The van der Waals surface area contributed by atoms with Crippen LogP contribution in [0.1, 0.15) is 25.7 Å². The average molecular weight is 359 g/mol. The molecule has 0 bridgehead atoms. The van der Waals surface area contributed by atoms with Crippen molar-refractivity contribution in [2.45, 2.75) is 31.2 Å². The number of nitrogens with one attached hydrogen (secondary N) is 1. The SMILES string of the molecule is Cl.NC1(C(=O)Nc2nnc(-c3cccc(Cl)c3)s2)CCCC1. The number of rotatable bonds is 3. The van der Waals surface area contributed by atoms with E-state index in [0.717, 1.165) is 31.2 Å².